The largest absolute Gasteiger partial charge is 0.444 e. The van der Waals surface area contributed by atoms with E-state index in [1.54, 1.807) is 20.8 Å². The van der Waals surface area contributed by atoms with Crippen LogP contribution in [-0.4, -0.2) is 38.4 Å². The number of alkyl carbamates (subject to hydrolysis) is 1. The lowest BCUT2D eigenvalue weighted by molar-refractivity contribution is 0.0529. The first-order valence-electron chi connectivity index (χ1n) is 4.66. The average Bonchev–Trinajstić information content (AvgIpc) is 2.10. The first-order valence-corrected chi connectivity index (χ1v) is 6.85. The van der Waals surface area contributed by atoms with Gasteiger partial charge in [-0.15, -0.1) is 11.6 Å². The Morgan fingerprint density at radius 2 is 1.88 bits per heavy atom. The fourth-order valence-corrected chi connectivity index (χ4v) is 1.45. The van der Waals surface area contributed by atoms with Gasteiger partial charge in [0.15, 0.2) is 0 Å². The Hall–Kier alpha value is -0.530. The number of rotatable bonds is 5. The van der Waals surface area contributed by atoms with Gasteiger partial charge in [-0.2, -0.15) is 0 Å². The number of nitrogens with one attached hydrogen (secondary N) is 2. The molecule has 0 aliphatic heterocycles. The van der Waals surface area contributed by atoms with Crippen molar-refractivity contribution in [1.29, 1.82) is 0 Å². The second-order valence-corrected chi connectivity index (χ2v) is 6.44. The second-order valence-electron chi connectivity index (χ2n) is 4.05. The highest BCUT2D eigenvalue weighted by atomic mass is 35.5. The maximum absolute atomic E-state index is 11.1. The molecule has 16 heavy (non-hydrogen) atoms. The van der Waals surface area contributed by atoms with E-state index in [1.807, 2.05) is 0 Å². The molecule has 0 aromatic heterocycles. The zero-order valence-electron chi connectivity index (χ0n) is 9.54. The summed E-state index contributed by atoms with van der Waals surface area (Å²) >= 11 is 5.16. The van der Waals surface area contributed by atoms with Crippen LogP contribution in [0.4, 0.5) is 4.79 Å². The molecule has 0 aliphatic rings. The Labute approximate surface area is 101 Å². The standard InChI is InChI=1S/C8H17ClN2O4S/c1-8(2,3)15-7(12)10-4-5-11-16(13,14)6-9/h11H,4-6H2,1-3H3,(H,10,12). The normalized spacial score (nSPS) is 12.2. The van der Waals surface area contributed by atoms with E-state index in [4.69, 9.17) is 16.3 Å². The van der Waals surface area contributed by atoms with E-state index in [1.165, 1.54) is 0 Å². The third kappa shape index (κ3) is 8.75. The Bertz CT molecular complexity index is 323. The number of hydrogen-bond acceptors (Lipinski definition) is 4. The van der Waals surface area contributed by atoms with Crippen LogP contribution in [0.1, 0.15) is 20.8 Å². The molecular formula is C8H17ClN2O4S. The zero-order chi connectivity index (χ0) is 12.8. The molecular weight excluding hydrogens is 256 g/mol. The van der Waals surface area contributed by atoms with Crippen LogP contribution in [-0.2, 0) is 14.8 Å². The monoisotopic (exact) mass is 272 g/mol. The van der Waals surface area contributed by atoms with Gasteiger partial charge in [0.2, 0.25) is 10.0 Å². The summed E-state index contributed by atoms with van der Waals surface area (Å²) in [5.74, 6) is 0. The molecule has 0 unspecified atom stereocenters. The Morgan fingerprint density at radius 3 is 2.31 bits per heavy atom. The van der Waals surface area contributed by atoms with Crippen molar-refractivity contribution in [2.24, 2.45) is 0 Å². The summed E-state index contributed by atoms with van der Waals surface area (Å²) < 4.78 is 28.9. The van der Waals surface area contributed by atoms with Crippen molar-refractivity contribution in [3.05, 3.63) is 0 Å². The molecule has 0 heterocycles. The molecule has 0 atom stereocenters. The van der Waals surface area contributed by atoms with Crippen LogP contribution < -0.4 is 10.0 Å². The molecule has 0 aromatic rings. The van der Waals surface area contributed by atoms with Crippen molar-refractivity contribution in [2.45, 2.75) is 26.4 Å². The molecule has 0 spiro atoms. The van der Waals surface area contributed by atoms with Gasteiger partial charge >= 0.3 is 6.09 Å². The maximum atomic E-state index is 11.1. The topological polar surface area (TPSA) is 84.5 Å². The quantitative estimate of drug-likeness (QED) is 0.568. The van der Waals surface area contributed by atoms with Gasteiger partial charge in [0, 0.05) is 13.1 Å². The van der Waals surface area contributed by atoms with Gasteiger partial charge in [-0.25, -0.2) is 17.9 Å². The first-order chi connectivity index (χ1) is 7.16. The van der Waals surface area contributed by atoms with Crippen LogP contribution in [0.2, 0.25) is 0 Å². The summed E-state index contributed by atoms with van der Waals surface area (Å²) in [6.45, 7) is 5.44. The molecule has 6 nitrogen and oxygen atoms in total. The number of halogens is 1. The van der Waals surface area contributed by atoms with Gasteiger partial charge in [-0.1, -0.05) is 0 Å². The van der Waals surface area contributed by atoms with Crippen molar-refractivity contribution in [3.8, 4) is 0 Å². The van der Waals surface area contributed by atoms with Crippen LogP contribution in [0, 0.1) is 0 Å². The van der Waals surface area contributed by atoms with Gasteiger partial charge in [0.1, 0.15) is 10.8 Å². The summed E-state index contributed by atoms with van der Waals surface area (Å²) in [4.78, 5) is 11.1. The Kier molecular flexibility index (Phi) is 6.06. The molecule has 0 saturated carbocycles. The van der Waals surface area contributed by atoms with E-state index >= 15 is 0 Å². The van der Waals surface area contributed by atoms with E-state index in [-0.39, 0.29) is 13.1 Å². The average molecular weight is 273 g/mol. The van der Waals surface area contributed by atoms with Gasteiger partial charge in [-0.3, -0.25) is 0 Å². The number of amides is 1. The van der Waals surface area contributed by atoms with E-state index in [0.717, 1.165) is 0 Å². The first kappa shape index (κ1) is 15.5. The van der Waals surface area contributed by atoms with Gasteiger partial charge < -0.3 is 10.1 Å². The van der Waals surface area contributed by atoms with E-state index in [2.05, 4.69) is 10.0 Å². The Morgan fingerprint density at radius 1 is 1.31 bits per heavy atom. The summed E-state index contributed by atoms with van der Waals surface area (Å²) in [6, 6.07) is 0. The molecule has 8 heteroatoms. The number of carbonyl (C=O) groups is 1. The fourth-order valence-electron chi connectivity index (χ4n) is 0.724. The lowest BCUT2D eigenvalue weighted by atomic mass is 10.2. The van der Waals surface area contributed by atoms with Crippen molar-refractivity contribution in [3.63, 3.8) is 0 Å². The van der Waals surface area contributed by atoms with Gasteiger partial charge in [0.25, 0.3) is 0 Å². The van der Waals surface area contributed by atoms with Crippen LogP contribution in [0.15, 0.2) is 0 Å². The van der Waals surface area contributed by atoms with E-state index in [0.29, 0.717) is 0 Å². The molecule has 0 aliphatic carbocycles. The summed E-state index contributed by atoms with van der Waals surface area (Å²) in [5, 5.41) is 1.90. The Balaban J connectivity index is 3.72. The minimum Gasteiger partial charge on any atom is -0.444 e. The van der Waals surface area contributed by atoms with Crippen molar-refractivity contribution >= 4 is 27.7 Å². The van der Waals surface area contributed by atoms with Gasteiger partial charge in [-0.05, 0) is 20.8 Å². The highest BCUT2D eigenvalue weighted by molar-refractivity contribution is 7.90. The van der Waals surface area contributed by atoms with Crippen LogP contribution in [0.5, 0.6) is 0 Å². The number of ether oxygens (including phenoxy) is 1. The molecule has 0 rings (SSSR count). The molecule has 1 amide bonds. The number of sulfonamides is 1. The minimum atomic E-state index is -3.43. The van der Waals surface area contributed by atoms with E-state index in [9.17, 15) is 13.2 Å². The maximum Gasteiger partial charge on any atom is 0.407 e. The number of alkyl halides is 1. The molecule has 0 radical (unpaired) electrons. The van der Waals surface area contributed by atoms with Crippen LogP contribution >= 0.6 is 11.6 Å². The highest BCUT2D eigenvalue weighted by Crippen LogP contribution is 2.05. The van der Waals surface area contributed by atoms with Crippen molar-refractivity contribution in [2.75, 3.05) is 18.3 Å². The molecule has 0 saturated heterocycles. The second kappa shape index (κ2) is 6.27. The third-order valence-corrected chi connectivity index (χ3v) is 3.05. The van der Waals surface area contributed by atoms with Crippen LogP contribution in [0.25, 0.3) is 0 Å². The third-order valence-electron chi connectivity index (χ3n) is 1.26. The van der Waals surface area contributed by atoms with Gasteiger partial charge in [0.05, 0.1) is 0 Å². The number of carbonyl (C=O) groups excluding carboxylic acids is 1. The SMILES string of the molecule is CC(C)(C)OC(=O)NCCNS(=O)(=O)CCl. The zero-order valence-corrected chi connectivity index (χ0v) is 11.1. The summed E-state index contributed by atoms with van der Waals surface area (Å²) in [5.41, 5.74) is -0.570. The molecule has 0 aromatic carbocycles. The summed E-state index contributed by atoms with van der Waals surface area (Å²) in [7, 11) is -3.43. The van der Waals surface area contributed by atoms with Crippen molar-refractivity contribution < 1.29 is 17.9 Å². The minimum absolute atomic E-state index is 0.0777. The predicted octanol–water partition coefficient (Wildman–Crippen LogP) is 0.627. The van der Waals surface area contributed by atoms with Crippen molar-refractivity contribution in [1.82, 2.24) is 10.0 Å². The fraction of sp³-hybridized carbons (Fsp3) is 0.875. The molecule has 2 N–H and O–H groups in total. The predicted molar refractivity (Wildman–Crippen MR) is 61.9 cm³/mol. The molecule has 0 bridgehead atoms. The number of hydrogen-bond donors (Lipinski definition) is 2. The molecule has 0 fully saturated rings. The molecule has 96 valence electrons. The lowest BCUT2D eigenvalue weighted by Gasteiger charge is -2.19. The van der Waals surface area contributed by atoms with Crippen LogP contribution in [0.3, 0.4) is 0 Å². The highest BCUT2D eigenvalue weighted by Gasteiger charge is 2.15. The lowest BCUT2D eigenvalue weighted by Crippen LogP contribution is -2.38. The van der Waals surface area contributed by atoms with E-state index < -0.39 is 26.9 Å². The summed E-state index contributed by atoms with van der Waals surface area (Å²) in [6.07, 6.45) is -0.586. The smallest absolute Gasteiger partial charge is 0.407 e.